The van der Waals surface area contributed by atoms with Crippen LogP contribution in [0.4, 0.5) is 5.82 Å². The first kappa shape index (κ1) is 16.4. The quantitative estimate of drug-likeness (QED) is 0.767. The molecule has 1 heterocycles. The van der Waals surface area contributed by atoms with Gasteiger partial charge >= 0.3 is 0 Å². The van der Waals surface area contributed by atoms with E-state index >= 15 is 0 Å². The third-order valence-corrected chi connectivity index (χ3v) is 2.77. The fourth-order valence-corrected chi connectivity index (χ4v) is 1.83. The Labute approximate surface area is 121 Å². The van der Waals surface area contributed by atoms with E-state index in [1.807, 2.05) is 20.8 Å². The topological polar surface area (TPSA) is 63.2 Å². The number of rotatable bonds is 8. The van der Waals surface area contributed by atoms with Crippen LogP contribution in [0.3, 0.4) is 0 Å². The molecule has 5 heteroatoms. The highest BCUT2D eigenvalue weighted by molar-refractivity contribution is 5.95. The SMILES string of the molecule is CCCNc1cc(C(=O)NCC(C)OCC)cc(C)n1. The van der Waals surface area contributed by atoms with Gasteiger partial charge in [-0.05, 0) is 39.3 Å². The lowest BCUT2D eigenvalue weighted by atomic mass is 10.2. The Kier molecular flexibility index (Phi) is 7.01. The fraction of sp³-hybridized carbons (Fsp3) is 0.600. The van der Waals surface area contributed by atoms with Crippen LogP contribution in [0.5, 0.6) is 0 Å². The molecule has 1 aromatic heterocycles. The van der Waals surface area contributed by atoms with Crippen LogP contribution in [0.1, 0.15) is 43.2 Å². The Bertz CT molecular complexity index is 435. The van der Waals surface area contributed by atoms with Crippen LogP contribution in [-0.2, 0) is 4.74 Å². The predicted molar refractivity (Wildman–Crippen MR) is 81.2 cm³/mol. The molecule has 0 aliphatic rings. The summed E-state index contributed by atoms with van der Waals surface area (Å²) in [4.78, 5) is 16.5. The van der Waals surface area contributed by atoms with Gasteiger partial charge in [0, 0.05) is 31.0 Å². The molecule has 5 nitrogen and oxygen atoms in total. The minimum atomic E-state index is -0.0957. The number of aromatic nitrogens is 1. The highest BCUT2D eigenvalue weighted by Crippen LogP contribution is 2.10. The van der Waals surface area contributed by atoms with Crippen molar-refractivity contribution in [1.82, 2.24) is 10.3 Å². The first-order valence-electron chi connectivity index (χ1n) is 7.19. The first-order valence-corrected chi connectivity index (χ1v) is 7.19. The third kappa shape index (κ3) is 5.57. The molecule has 0 spiro atoms. The van der Waals surface area contributed by atoms with Gasteiger partial charge in [0.25, 0.3) is 5.91 Å². The summed E-state index contributed by atoms with van der Waals surface area (Å²) in [6.07, 6.45) is 1.04. The Morgan fingerprint density at radius 3 is 2.80 bits per heavy atom. The van der Waals surface area contributed by atoms with E-state index in [9.17, 15) is 4.79 Å². The van der Waals surface area contributed by atoms with Gasteiger partial charge in [0.15, 0.2) is 0 Å². The van der Waals surface area contributed by atoms with Gasteiger partial charge in [-0.1, -0.05) is 6.92 Å². The molecule has 0 aromatic carbocycles. The molecule has 0 bridgehead atoms. The van der Waals surface area contributed by atoms with E-state index in [0.29, 0.717) is 18.7 Å². The van der Waals surface area contributed by atoms with Gasteiger partial charge in [-0.3, -0.25) is 4.79 Å². The molecule has 0 aliphatic heterocycles. The summed E-state index contributed by atoms with van der Waals surface area (Å²) < 4.78 is 5.39. The molecule has 0 saturated heterocycles. The first-order chi connectivity index (χ1) is 9.56. The van der Waals surface area contributed by atoms with Crippen molar-refractivity contribution in [3.8, 4) is 0 Å². The van der Waals surface area contributed by atoms with E-state index in [0.717, 1.165) is 24.5 Å². The van der Waals surface area contributed by atoms with Crippen molar-refractivity contribution in [3.63, 3.8) is 0 Å². The molecule has 20 heavy (non-hydrogen) atoms. The number of ether oxygens (including phenoxy) is 1. The van der Waals surface area contributed by atoms with Crippen LogP contribution < -0.4 is 10.6 Å². The molecule has 0 saturated carbocycles. The highest BCUT2D eigenvalue weighted by Gasteiger charge is 2.10. The molecule has 1 aromatic rings. The Morgan fingerprint density at radius 2 is 2.15 bits per heavy atom. The van der Waals surface area contributed by atoms with E-state index in [1.54, 1.807) is 12.1 Å². The number of pyridine rings is 1. The van der Waals surface area contributed by atoms with E-state index in [-0.39, 0.29) is 12.0 Å². The van der Waals surface area contributed by atoms with Crippen LogP contribution in [-0.4, -0.2) is 36.7 Å². The number of hydrogen-bond acceptors (Lipinski definition) is 4. The Morgan fingerprint density at radius 1 is 1.40 bits per heavy atom. The van der Waals surface area contributed by atoms with E-state index in [4.69, 9.17) is 4.74 Å². The van der Waals surface area contributed by atoms with Crippen molar-refractivity contribution >= 4 is 11.7 Å². The second-order valence-corrected chi connectivity index (χ2v) is 4.79. The van der Waals surface area contributed by atoms with Crippen molar-refractivity contribution in [3.05, 3.63) is 23.4 Å². The number of amides is 1. The molecule has 0 radical (unpaired) electrons. The maximum atomic E-state index is 12.1. The molecule has 0 fully saturated rings. The lowest BCUT2D eigenvalue weighted by Crippen LogP contribution is -2.32. The molecule has 0 aliphatic carbocycles. The van der Waals surface area contributed by atoms with E-state index < -0.39 is 0 Å². The summed E-state index contributed by atoms with van der Waals surface area (Å²) in [5.74, 6) is 0.649. The number of aryl methyl sites for hydroxylation is 1. The number of nitrogens with zero attached hydrogens (tertiary/aromatic N) is 1. The summed E-state index contributed by atoms with van der Waals surface area (Å²) in [5, 5.41) is 6.07. The molecular weight excluding hydrogens is 254 g/mol. The number of nitrogens with one attached hydrogen (secondary N) is 2. The van der Waals surface area contributed by atoms with E-state index in [1.165, 1.54) is 0 Å². The molecular formula is C15H25N3O2. The van der Waals surface area contributed by atoms with Crippen LogP contribution in [0.2, 0.25) is 0 Å². The summed E-state index contributed by atoms with van der Waals surface area (Å²) in [5.41, 5.74) is 1.45. The van der Waals surface area contributed by atoms with Gasteiger partial charge in [0.2, 0.25) is 0 Å². The molecule has 1 amide bonds. The third-order valence-electron chi connectivity index (χ3n) is 2.77. The van der Waals surface area contributed by atoms with Gasteiger partial charge < -0.3 is 15.4 Å². The zero-order valence-electron chi connectivity index (χ0n) is 12.8. The van der Waals surface area contributed by atoms with Crippen LogP contribution in [0.15, 0.2) is 12.1 Å². The molecule has 1 atom stereocenters. The van der Waals surface area contributed by atoms with Crippen molar-refractivity contribution < 1.29 is 9.53 Å². The minimum absolute atomic E-state index is 0.0181. The average molecular weight is 279 g/mol. The average Bonchev–Trinajstić information content (AvgIpc) is 2.42. The lowest BCUT2D eigenvalue weighted by molar-refractivity contribution is 0.0695. The van der Waals surface area contributed by atoms with Gasteiger partial charge in [0.1, 0.15) is 5.82 Å². The monoisotopic (exact) mass is 279 g/mol. The van der Waals surface area contributed by atoms with Gasteiger partial charge in [-0.25, -0.2) is 4.98 Å². The zero-order chi connectivity index (χ0) is 15.0. The zero-order valence-corrected chi connectivity index (χ0v) is 12.8. The highest BCUT2D eigenvalue weighted by atomic mass is 16.5. The number of hydrogen-bond donors (Lipinski definition) is 2. The maximum absolute atomic E-state index is 12.1. The maximum Gasteiger partial charge on any atom is 0.251 e. The van der Waals surface area contributed by atoms with E-state index in [2.05, 4.69) is 22.5 Å². The largest absolute Gasteiger partial charge is 0.377 e. The second kappa shape index (κ2) is 8.53. The van der Waals surface area contributed by atoms with Crippen molar-refractivity contribution in [2.45, 2.75) is 40.2 Å². The van der Waals surface area contributed by atoms with Crippen molar-refractivity contribution in [2.24, 2.45) is 0 Å². The lowest BCUT2D eigenvalue weighted by Gasteiger charge is -2.13. The minimum Gasteiger partial charge on any atom is -0.377 e. The fourth-order valence-electron chi connectivity index (χ4n) is 1.83. The molecule has 1 rings (SSSR count). The van der Waals surface area contributed by atoms with Crippen LogP contribution in [0.25, 0.3) is 0 Å². The van der Waals surface area contributed by atoms with Gasteiger partial charge in [-0.15, -0.1) is 0 Å². The van der Waals surface area contributed by atoms with Crippen LogP contribution in [0, 0.1) is 6.92 Å². The van der Waals surface area contributed by atoms with Crippen LogP contribution >= 0.6 is 0 Å². The summed E-state index contributed by atoms with van der Waals surface area (Å²) in [6, 6.07) is 3.57. The summed E-state index contributed by atoms with van der Waals surface area (Å²) in [7, 11) is 0. The Balaban J connectivity index is 2.64. The summed E-state index contributed by atoms with van der Waals surface area (Å²) >= 11 is 0. The van der Waals surface area contributed by atoms with Crippen molar-refractivity contribution in [2.75, 3.05) is 25.0 Å². The predicted octanol–water partition coefficient (Wildman–Crippen LogP) is 2.37. The number of carbonyl (C=O) groups excluding carboxylic acids is 1. The van der Waals surface area contributed by atoms with Gasteiger partial charge in [0.05, 0.1) is 6.10 Å². The van der Waals surface area contributed by atoms with Crippen molar-refractivity contribution in [1.29, 1.82) is 0 Å². The smallest absolute Gasteiger partial charge is 0.251 e. The number of anilines is 1. The molecule has 112 valence electrons. The normalized spacial score (nSPS) is 12.0. The molecule has 1 unspecified atom stereocenters. The summed E-state index contributed by atoms with van der Waals surface area (Å²) in [6.45, 7) is 9.86. The van der Waals surface area contributed by atoms with Gasteiger partial charge in [-0.2, -0.15) is 0 Å². The number of carbonyl (C=O) groups is 1. The standard InChI is InChI=1S/C15H25N3O2/c1-5-7-16-14-9-13(8-11(3)18-14)15(19)17-10-12(4)20-6-2/h8-9,12H,5-7,10H2,1-4H3,(H,16,18)(H,17,19). The second-order valence-electron chi connectivity index (χ2n) is 4.79. The molecule has 2 N–H and O–H groups in total. The Hall–Kier alpha value is -1.62.